The predicted octanol–water partition coefficient (Wildman–Crippen LogP) is 3.65. The van der Waals surface area contributed by atoms with E-state index in [1.165, 1.54) is 6.20 Å². The molecule has 0 aliphatic carbocycles. The van der Waals surface area contributed by atoms with E-state index in [0.717, 1.165) is 28.1 Å². The first kappa shape index (κ1) is 21.1. The number of carbonyl (C=O) groups excluding carboxylic acids is 1. The van der Waals surface area contributed by atoms with Crippen LogP contribution in [-0.4, -0.2) is 35.2 Å². The molecular formula is C24H23N9O. The van der Waals surface area contributed by atoms with Gasteiger partial charge >= 0.3 is 0 Å². The molecule has 0 unspecified atom stereocenters. The third kappa shape index (κ3) is 4.04. The van der Waals surface area contributed by atoms with Gasteiger partial charge in [-0.1, -0.05) is 12.1 Å². The molecule has 0 aliphatic heterocycles. The number of pyridine rings is 1. The number of nitrogens with zero attached hydrogens (tertiary/aromatic N) is 6. The summed E-state index contributed by atoms with van der Waals surface area (Å²) < 4.78 is 3.75. The van der Waals surface area contributed by atoms with Gasteiger partial charge in [0.2, 0.25) is 0 Å². The second-order valence-electron chi connectivity index (χ2n) is 7.98. The highest BCUT2D eigenvalue weighted by molar-refractivity contribution is 6.04. The van der Waals surface area contributed by atoms with Crippen LogP contribution in [0.5, 0.6) is 0 Å². The van der Waals surface area contributed by atoms with Gasteiger partial charge in [0.25, 0.3) is 5.91 Å². The molecule has 5 aromatic rings. The molecule has 34 heavy (non-hydrogen) atoms. The summed E-state index contributed by atoms with van der Waals surface area (Å²) in [6.45, 7) is 1.94. The summed E-state index contributed by atoms with van der Waals surface area (Å²) in [6.07, 6.45) is 3.39. The summed E-state index contributed by atoms with van der Waals surface area (Å²) in [7, 11) is 3.83. The summed E-state index contributed by atoms with van der Waals surface area (Å²) in [5.74, 6) is 2.10. The highest BCUT2D eigenvalue weighted by Gasteiger charge is 2.15. The molecule has 0 radical (unpaired) electrons. The minimum atomic E-state index is -0.280. The van der Waals surface area contributed by atoms with Crippen LogP contribution in [0.25, 0.3) is 22.4 Å². The van der Waals surface area contributed by atoms with Crippen molar-refractivity contribution in [3.8, 4) is 11.4 Å². The maximum absolute atomic E-state index is 12.6. The molecule has 4 heterocycles. The van der Waals surface area contributed by atoms with Gasteiger partial charge in [0.1, 0.15) is 17.2 Å². The fourth-order valence-corrected chi connectivity index (χ4v) is 3.74. The lowest BCUT2D eigenvalue weighted by atomic mass is 10.1. The highest BCUT2D eigenvalue weighted by Crippen LogP contribution is 2.29. The second kappa shape index (κ2) is 8.32. The van der Waals surface area contributed by atoms with Gasteiger partial charge in [-0.2, -0.15) is 5.10 Å². The molecule has 170 valence electrons. The molecule has 1 amide bonds. The molecule has 4 aromatic heterocycles. The van der Waals surface area contributed by atoms with E-state index < -0.39 is 0 Å². The van der Waals surface area contributed by atoms with Crippen molar-refractivity contribution >= 4 is 40.1 Å². The van der Waals surface area contributed by atoms with E-state index in [1.807, 2.05) is 68.2 Å². The summed E-state index contributed by atoms with van der Waals surface area (Å²) >= 11 is 0. The van der Waals surface area contributed by atoms with Crippen molar-refractivity contribution in [3.05, 3.63) is 72.2 Å². The summed E-state index contributed by atoms with van der Waals surface area (Å²) in [5.41, 5.74) is 9.99. The van der Waals surface area contributed by atoms with Crippen molar-refractivity contribution < 1.29 is 4.79 Å². The standard InChI is InChI=1S/C24H23N9O/c1-14-11-20(33(3)31-14)29-23-21-18(9-10-32(21)2)28-22(30-23)15-5-4-6-17(12-15)27-24(34)16-7-8-19(25)26-13-16/h4-13H,1-3H3,(H2,25,26)(H,27,34)(H,28,29,30). The van der Waals surface area contributed by atoms with Gasteiger partial charge in [0.05, 0.1) is 16.8 Å². The van der Waals surface area contributed by atoms with Crippen molar-refractivity contribution in [2.24, 2.45) is 14.1 Å². The number of hydrogen-bond donors (Lipinski definition) is 3. The van der Waals surface area contributed by atoms with Crippen molar-refractivity contribution in [1.29, 1.82) is 0 Å². The molecule has 0 bridgehead atoms. The number of rotatable bonds is 5. The van der Waals surface area contributed by atoms with E-state index in [-0.39, 0.29) is 5.91 Å². The molecule has 4 N–H and O–H groups in total. The van der Waals surface area contributed by atoms with Crippen LogP contribution in [0.1, 0.15) is 16.1 Å². The molecule has 10 heteroatoms. The number of anilines is 4. The SMILES string of the molecule is Cc1cc(Nc2nc(-c3cccc(NC(=O)c4ccc(N)nc4)c3)nc3ccn(C)c23)n(C)n1. The van der Waals surface area contributed by atoms with Crippen LogP contribution in [0.15, 0.2) is 60.9 Å². The van der Waals surface area contributed by atoms with Crippen molar-refractivity contribution in [2.45, 2.75) is 6.92 Å². The van der Waals surface area contributed by atoms with Gasteiger partial charge in [-0.25, -0.2) is 15.0 Å². The summed E-state index contributed by atoms with van der Waals surface area (Å²) in [6, 6.07) is 14.5. The third-order valence-corrected chi connectivity index (χ3v) is 5.40. The van der Waals surface area contributed by atoms with Gasteiger partial charge in [-0.05, 0) is 37.3 Å². The molecule has 0 saturated heterocycles. The normalized spacial score (nSPS) is 11.0. The van der Waals surface area contributed by atoms with Gasteiger partial charge in [0.15, 0.2) is 11.6 Å². The number of fused-ring (bicyclic) bond motifs is 1. The largest absolute Gasteiger partial charge is 0.384 e. The number of aryl methyl sites for hydroxylation is 3. The quantitative estimate of drug-likeness (QED) is 0.370. The molecule has 10 nitrogen and oxygen atoms in total. The molecule has 0 saturated carbocycles. The van der Waals surface area contributed by atoms with Gasteiger partial charge in [-0.15, -0.1) is 0 Å². The molecule has 0 atom stereocenters. The Kier molecular flexibility index (Phi) is 5.17. The van der Waals surface area contributed by atoms with Crippen molar-refractivity contribution in [2.75, 3.05) is 16.4 Å². The van der Waals surface area contributed by atoms with E-state index in [9.17, 15) is 4.79 Å². The van der Waals surface area contributed by atoms with Gasteiger partial charge < -0.3 is 20.9 Å². The topological polar surface area (TPSA) is 129 Å². The number of nitrogens with one attached hydrogen (secondary N) is 2. The monoisotopic (exact) mass is 453 g/mol. The van der Waals surface area contributed by atoms with Crippen LogP contribution in [0.4, 0.5) is 23.1 Å². The number of benzene rings is 1. The van der Waals surface area contributed by atoms with Gasteiger partial charge in [-0.3, -0.25) is 9.48 Å². The molecule has 5 rings (SSSR count). The van der Waals surface area contributed by atoms with Crippen LogP contribution >= 0.6 is 0 Å². The lowest BCUT2D eigenvalue weighted by Crippen LogP contribution is -2.12. The number of nitrogens with two attached hydrogens (primary N) is 1. The van der Waals surface area contributed by atoms with E-state index in [0.29, 0.717) is 28.7 Å². The van der Waals surface area contributed by atoms with Crippen LogP contribution in [0.3, 0.4) is 0 Å². The number of carbonyl (C=O) groups is 1. The van der Waals surface area contributed by atoms with Gasteiger partial charge in [0, 0.05) is 43.8 Å². The van der Waals surface area contributed by atoms with Crippen LogP contribution < -0.4 is 16.4 Å². The molecule has 0 fully saturated rings. The lowest BCUT2D eigenvalue weighted by Gasteiger charge is -2.11. The summed E-state index contributed by atoms with van der Waals surface area (Å²) in [5, 5.41) is 10.7. The summed E-state index contributed by atoms with van der Waals surface area (Å²) in [4.78, 5) is 26.1. The Bertz CT molecular complexity index is 1520. The number of hydrogen-bond acceptors (Lipinski definition) is 7. The lowest BCUT2D eigenvalue weighted by molar-refractivity contribution is 0.102. The molecule has 0 aliphatic rings. The second-order valence-corrected chi connectivity index (χ2v) is 7.98. The molecular weight excluding hydrogens is 430 g/mol. The number of aromatic nitrogens is 6. The Labute approximate surface area is 195 Å². The smallest absolute Gasteiger partial charge is 0.257 e. The fraction of sp³-hybridized carbons (Fsp3) is 0.125. The Morgan fingerprint density at radius 3 is 2.65 bits per heavy atom. The average molecular weight is 454 g/mol. The average Bonchev–Trinajstić information content (AvgIpc) is 3.35. The maximum atomic E-state index is 12.6. The Morgan fingerprint density at radius 2 is 1.91 bits per heavy atom. The first-order valence-electron chi connectivity index (χ1n) is 10.6. The Hall–Kier alpha value is -4.73. The van der Waals surface area contributed by atoms with Crippen LogP contribution in [0.2, 0.25) is 0 Å². The first-order valence-corrected chi connectivity index (χ1v) is 10.6. The molecule has 1 aromatic carbocycles. The predicted molar refractivity (Wildman–Crippen MR) is 132 cm³/mol. The van der Waals surface area contributed by atoms with E-state index in [4.69, 9.17) is 15.7 Å². The first-order chi connectivity index (χ1) is 16.4. The van der Waals surface area contributed by atoms with Crippen molar-refractivity contribution in [3.63, 3.8) is 0 Å². The third-order valence-electron chi connectivity index (χ3n) is 5.40. The van der Waals surface area contributed by atoms with Crippen LogP contribution in [-0.2, 0) is 14.1 Å². The molecule has 0 spiro atoms. The van der Waals surface area contributed by atoms with Crippen molar-refractivity contribution in [1.82, 2.24) is 29.3 Å². The fourth-order valence-electron chi connectivity index (χ4n) is 3.74. The van der Waals surface area contributed by atoms with E-state index in [1.54, 1.807) is 16.8 Å². The number of nitrogen functional groups attached to an aromatic ring is 1. The zero-order chi connectivity index (χ0) is 23.8. The van der Waals surface area contributed by atoms with E-state index in [2.05, 4.69) is 20.7 Å². The Morgan fingerprint density at radius 1 is 1.06 bits per heavy atom. The minimum Gasteiger partial charge on any atom is -0.384 e. The highest BCUT2D eigenvalue weighted by atomic mass is 16.1. The zero-order valence-corrected chi connectivity index (χ0v) is 18.9. The maximum Gasteiger partial charge on any atom is 0.257 e. The Balaban J connectivity index is 1.50. The van der Waals surface area contributed by atoms with E-state index >= 15 is 0 Å². The number of amides is 1. The zero-order valence-electron chi connectivity index (χ0n) is 18.9. The van der Waals surface area contributed by atoms with Crippen LogP contribution in [0, 0.1) is 6.92 Å². The minimum absolute atomic E-state index is 0.280.